The van der Waals surface area contributed by atoms with Crippen LogP contribution in [0.15, 0.2) is 23.3 Å². The van der Waals surface area contributed by atoms with Gasteiger partial charge >= 0.3 is 0 Å². The van der Waals surface area contributed by atoms with Crippen LogP contribution in [0.4, 0.5) is 5.82 Å². The van der Waals surface area contributed by atoms with E-state index in [0.29, 0.717) is 12.6 Å². The number of ether oxygens (including phenoxy) is 1. The van der Waals surface area contributed by atoms with Gasteiger partial charge in [-0.25, -0.2) is 9.98 Å². The van der Waals surface area contributed by atoms with Gasteiger partial charge in [0, 0.05) is 52.1 Å². The molecule has 2 aliphatic rings. The van der Waals surface area contributed by atoms with Crippen LogP contribution in [-0.2, 0) is 11.3 Å². The van der Waals surface area contributed by atoms with Gasteiger partial charge < -0.3 is 25.2 Å². The third-order valence-electron chi connectivity index (χ3n) is 5.24. The maximum Gasteiger partial charge on any atom is 0.191 e. The molecule has 0 amide bonds. The standard InChI is InChI=1S/C20H34N6O.HI/c1-3-21-20(24-16-18-6-5-13-27-18)23-15-17-7-8-22-19(14-17)26-11-9-25(4-2)10-12-26;/h7-8,14,18H,3-6,9-13,15-16H2,1-2H3,(H2,21,23,24);1H. The first-order valence-corrected chi connectivity index (χ1v) is 10.3. The van der Waals surface area contributed by atoms with E-state index < -0.39 is 0 Å². The zero-order valence-electron chi connectivity index (χ0n) is 17.2. The molecular weight excluding hydrogens is 467 g/mol. The Morgan fingerprint density at radius 3 is 2.75 bits per heavy atom. The Balaban J connectivity index is 0.00000280. The van der Waals surface area contributed by atoms with Crippen molar-refractivity contribution in [3.8, 4) is 0 Å². The highest BCUT2D eigenvalue weighted by molar-refractivity contribution is 14.0. The van der Waals surface area contributed by atoms with Crippen LogP contribution >= 0.6 is 24.0 Å². The summed E-state index contributed by atoms with van der Waals surface area (Å²) < 4.78 is 5.68. The Kier molecular flexibility index (Phi) is 10.3. The largest absolute Gasteiger partial charge is 0.376 e. The Morgan fingerprint density at radius 2 is 2.07 bits per heavy atom. The fraction of sp³-hybridized carbons (Fsp3) is 0.700. The first-order valence-electron chi connectivity index (χ1n) is 10.3. The maximum absolute atomic E-state index is 5.68. The van der Waals surface area contributed by atoms with Crippen molar-refractivity contribution in [3.63, 3.8) is 0 Å². The molecule has 0 saturated carbocycles. The topological polar surface area (TPSA) is 65.0 Å². The van der Waals surface area contributed by atoms with Crippen LogP contribution < -0.4 is 15.5 Å². The molecule has 158 valence electrons. The summed E-state index contributed by atoms with van der Waals surface area (Å²) >= 11 is 0. The number of piperazine rings is 1. The number of halogens is 1. The molecule has 8 heteroatoms. The van der Waals surface area contributed by atoms with Gasteiger partial charge in [-0.1, -0.05) is 6.92 Å². The fourth-order valence-electron chi connectivity index (χ4n) is 3.55. The summed E-state index contributed by atoms with van der Waals surface area (Å²) in [7, 11) is 0. The molecule has 7 nitrogen and oxygen atoms in total. The summed E-state index contributed by atoms with van der Waals surface area (Å²) in [4.78, 5) is 14.2. The number of nitrogens with one attached hydrogen (secondary N) is 2. The lowest BCUT2D eigenvalue weighted by atomic mass is 10.2. The Labute approximate surface area is 186 Å². The SMILES string of the molecule is CCNC(=NCc1ccnc(N2CCN(CC)CC2)c1)NCC1CCCO1.I. The second-order valence-electron chi connectivity index (χ2n) is 7.15. The van der Waals surface area contributed by atoms with Gasteiger partial charge in [0.2, 0.25) is 0 Å². The minimum Gasteiger partial charge on any atom is -0.376 e. The number of hydrogen-bond donors (Lipinski definition) is 2. The van der Waals surface area contributed by atoms with Crippen LogP contribution in [0.3, 0.4) is 0 Å². The van der Waals surface area contributed by atoms with Gasteiger partial charge in [0.25, 0.3) is 0 Å². The molecule has 28 heavy (non-hydrogen) atoms. The van der Waals surface area contributed by atoms with E-state index in [0.717, 1.165) is 77.0 Å². The number of rotatable bonds is 7. The average molecular weight is 502 g/mol. The Morgan fingerprint density at radius 1 is 1.25 bits per heavy atom. The van der Waals surface area contributed by atoms with Gasteiger partial charge in [-0.2, -0.15) is 0 Å². The van der Waals surface area contributed by atoms with E-state index in [9.17, 15) is 0 Å². The summed E-state index contributed by atoms with van der Waals surface area (Å²) in [6, 6.07) is 4.23. The van der Waals surface area contributed by atoms with Crippen molar-refractivity contribution in [3.05, 3.63) is 23.9 Å². The van der Waals surface area contributed by atoms with Crippen LogP contribution in [0.25, 0.3) is 0 Å². The van der Waals surface area contributed by atoms with Crippen LogP contribution in [0.2, 0.25) is 0 Å². The molecule has 0 bridgehead atoms. The molecule has 2 fully saturated rings. The van der Waals surface area contributed by atoms with Crippen molar-refractivity contribution < 1.29 is 4.74 Å². The van der Waals surface area contributed by atoms with Crippen molar-refractivity contribution >= 4 is 35.8 Å². The summed E-state index contributed by atoms with van der Waals surface area (Å²) in [5.74, 6) is 1.92. The van der Waals surface area contributed by atoms with Crippen LogP contribution in [-0.4, -0.2) is 74.4 Å². The van der Waals surface area contributed by atoms with Crippen LogP contribution in [0, 0.1) is 0 Å². The van der Waals surface area contributed by atoms with Crippen LogP contribution in [0.5, 0.6) is 0 Å². The third kappa shape index (κ3) is 7.04. The minimum absolute atomic E-state index is 0. The molecule has 1 atom stereocenters. The molecule has 1 aromatic heterocycles. The number of anilines is 1. The first kappa shape index (κ1) is 23.2. The normalized spacial score (nSPS) is 20.7. The third-order valence-corrected chi connectivity index (χ3v) is 5.24. The molecule has 1 unspecified atom stereocenters. The van der Waals surface area contributed by atoms with Gasteiger partial charge in [-0.05, 0) is 44.0 Å². The van der Waals surface area contributed by atoms with Gasteiger partial charge in [0.05, 0.1) is 12.6 Å². The highest BCUT2D eigenvalue weighted by Crippen LogP contribution is 2.16. The minimum atomic E-state index is 0. The fourth-order valence-corrected chi connectivity index (χ4v) is 3.55. The number of guanidine groups is 1. The second kappa shape index (κ2) is 12.4. The lowest BCUT2D eigenvalue weighted by Gasteiger charge is -2.34. The average Bonchev–Trinajstić information content (AvgIpc) is 3.24. The Hall–Kier alpha value is -1.13. The van der Waals surface area contributed by atoms with Gasteiger partial charge in [0.15, 0.2) is 5.96 Å². The molecule has 3 rings (SSSR count). The molecular formula is C20H35IN6O. The number of nitrogens with zero attached hydrogens (tertiary/aromatic N) is 4. The van der Waals surface area contributed by atoms with E-state index in [-0.39, 0.29) is 24.0 Å². The van der Waals surface area contributed by atoms with Crippen molar-refractivity contribution in [2.24, 2.45) is 4.99 Å². The number of aliphatic imine (C=N–C) groups is 1. The van der Waals surface area contributed by atoms with Crippen molar-refractivity contribution in [2.75, 3.05) is 57.3 Å². The number of pyridine rings is 1. The second-order valence-corrected chi connectivity index (χ2v) is 7.15. The highest BCUT2D eigenvalue weighted by Gasteiger charge is 2.17. The van der Waals surface area contributed by atoms with E-state index in [4.69, 9.17) is 9.73 Å². The summed E-state index contributed by atoms with van der Waals surface area (Å²) in [5.41, 5.74) is 1.19. The molecule has 0 radical (unpaired) electrons. The van der Waals surface area contributed by atoms with E-state index in [2.05, 4.69) is 51.4 Å². The predicted octanol–water partition coefficient (Wildman–Crippen LogP) is 2.08. The maximum atomic E-state index is 5.68. The van der Waals surface area contributed by atoms with E-state index >= 15 is 0 Å². The van der Waals surface area contributed by atoms with E-state index in [1.54, 1.807) is 0 Å². The van der Waals surface area contributed by atoms with Gasteiger partial charge in [0.1, 0.15) is 5.82 Å². The summed E-state index contributed by atoms with van der Waals surface area (Å²) in [6.07, 6.45) is 4.50. The number of likely N-dealkylation sites (N-methyl/N-ethyl adjacent to an activating group) is 1. The van der Waals surface area contributed by atoms with Gasteiger partial charge in [-0.15, -0.1) is 24.0 Å². The predicted molar refractivity (Wildman–Crippen MR) is 126 cm³/mol. The Bertz CT molecular complexity index is 600. The molecule has 0 spiro atoms. The van der Waals surface area contributed by atoms with Crippen molar-refractivity contribution in [1.29, 1.82) is 0 Å². The van der Waals surface area contributed by atoms with Crippen molar-refractivity contribution in [2.45, 2.75) is 39.3 Å². The van der Waals surface area contributed by atoms with Crippen molar-refractivity contribution in [1.82, 2.24) is 20.5 Å². The quantitative estimate of drug-likeness (QED) is 0.338. The van der Waals surface area contributed by atoms with E-state index in [1.807, 2.05) is 6.20 Å². The molecule has 3 heterocycles. The number of hydrogen-bond acceptors (Lipinski definition) is 5. The first-order chi connectivity index (χ1) is 13.3. The highest BCUT2D eigenvalue weighted by atomic mass is 127. The molecule has 1 aromatic rings. The summed E-state index contributed by atoms with van der Waals surface area (Å²) in [5, 5.41) is 6.72. The smallest absolute Gasteiger partial charge is 0.191 e. The zero-order chi connectivity index (χ0) is 18.9. The summed E-state index contributed by atoms with van der Waals surface area (Å²) in [6.45, 7) is 12.9. The van der Waals surface area contributed by atoms with E-state index in [1.165, 1.54) is 5.56 Å². The molecule has 0 aliphatic carbocycles. The van der Waals surface area contributed by atoms with Gasteiger partial charge in [-0.3, -0.25) is 0 Å². The lowest BCUT2D eigenvalue weighted by Crippen LogP contribution is -2.46. The number of aromatic nitrogens is 1. The van der Waals surface area contributed by atoms with Crippen LogP contribution in [0.1, 0.15) is 32.3 Å². The molecule has 2 aliphatic heterocycles. The lowest BCUT2D eigenvalue weighted by molar-refractivity contribution is 0.114. The monoisotopic (exact) mass is 502 g/mol. The zero-order valence-corrected chi connectivity index (χ0v) is 19.5. The molecule has 0 aromatic carbocycles. The molecule has 2 N–H and O–H groups in total. The molecule has 2 saturated heterocycles.